The minimum absolute atomic E-state index is 0.0104. The maximum Gasteiger partial charge on any atom is 0.227 e. The van der Waals surface area contributed by atoms with Gasteiger partial charge >= 0.3 is 0 Å². The van der Waals surface area contributed by atoms with Gasteiger partial charge in [0.1, 0.15) is 0 Å². The molecule has 0 aliphatic rings. The summed E-state index contributed by atoms with van der Waals surface area (Å²) in [5.74, 6) is 0.326. The minimum atomic E-state index is -0.591. The number of aliphatic hydroxyl groups is 1. The molecule has 0 radical (unpaired) electrons. The predicted molar refractivity (Wildman–Crippen MR) is 178 cm³/mol. The standard InChI is InChI=1S/C37H64N2O3/c1-13-34(5,6)21-14-22-36(9,10)37(11,12)26-35(7,8)33(42)39-24-20-31(40)19-23-38-32(41)28(4)30-17-15-29(16-18-30)25-27(2)3/h14-18,22,27-28,31,40H,13,19-21,23-26H2,1-12H3,(H,38,41)(H,39,42). The largest absolute Gasteiger partial charge is 0.393 e. The number of hydrogen-bond donors (Lipinski definition) is 3. The summed E-state index contributed by atoms with van der Waals surface area (Å²) in [6.45, 7) is 27.0. The van der Waals surface area contributed by atoms with Crippen molar-refractivity contribution in [1.82, 2.24) is 10.6 Å². The Morgan fingerprint density at radius 2 is 1.43 bits per heavy atom. The van der Waals surface area contributed by atoms with Gasteiger partial charge in [-0.3, -0.25) is 9.59 Å². The molecule has 2 atom stereocenters. The number of allylic oxidation sites excluding steroid dienone is 2. The molecule has 1 aromatic carbocycles. The van der Waals surface area contributed by atoms with Crippen molar-refractivity contribution >= 4 is 11.8 Å². The highest BCUT2D eigenvalue weighted by atomic mass is 16.3. The number of aliphatic hydroxyl groups excluding tert-OH is 1. The van der Waals surface area contributed by atoms with E-state index in [1.165, 1.54) is 5.56 Å². The molecule has 2 unspecified atom stereocenters. The summed E-state index contributed by atoms with van der Waals surface area (Å²) >= 11 is 0. The SMILES string of the molecule is CCC(C)(C)CC=CC(C)(C)C(C)(C)CC(C)(C)C(=O)NCCC(O)CCNC(=O)C(C)c1ccc(CC(C)C)cc1. The summed E-state index contributed by atoms with van der Waals surface area (Å²) in [6.07, 6.45) is 8.92. The van der Waals surface area contributed by atoms with E-state index in [0.717, 1.165) is 31.2 Å². The summed E-state index contributed by atoms with van der Waals surface area (Å²) in [6, 6.07) is 8.28. The quantitative estimate of drug-likeness (QED) is 0.152. The molecular weight excluding hydrogens is 520 g/mol. The van der Waals surface area contributed by atoms with Crippen molar-refractivity contribution in [3.8, 4) is 0 Å². The summed E-state index contributed by atoms with van der Waals surface area (Å²) in [5.41, 5.74) is 1.87. The smallest absolute Gasteiger partial charge is 0.227 e. The fourth-order valence-corrected chi connectivity index (χ4v) is 5.27. The van der Waals surface area contributed by atoms with E-state index < -0.39 is 11.5 Å². The van der Waals surface area contributed by atoms with Crippen molar-refractivity contribution in [3.63, 3.8) is 0 Å². The van der Waals surface area contributed by atoms with Crippen LogP contribution in [0.3, 0.4) is 0 Å². The average Bonchev–Trinajstić information content (AvgIpc) is 2.87. The molecule has 42 heavy (non-hydrogen) atoms. The third-order valence-electron chi connectivity index (χ3n) is 9.46. The highest BCUT2D eigenvalue weighted by molar-refractivity contribution is 5.83. The maximum atomic E-state index is 13.2. The van der Waals surface area contributed by atoms with Gasteiger partial charge in [0.25, 0.3) is 0 Å². The van der Waals surface area contributed by atoms with Crippen LogP contribution < -0.4 is 10.6 Å². The Morgan fingerprint density at radius 1 is 0.881 bits per heavy atom. The van der Waals surface area contributed by atoms with Crippen LogP contribution in [-0.2, 0) is 16.0 Å². The number of carbonyl (C=O) groups excluding carboxylic acids is 2. The van der Waals surface area contributed by atoms with Crippen LogP contribution in [0.4, 0.5) is 0 Å². The van der Waals surface area contributed by atoms with Crippen molar-refractivity contribution in [1.29, 1.82) is 0 Å². The number of benzene rings is 1. The van der Waals surface area contributed by atoms with Gasteiger partial charge < -0.3 is 15.7 Å². The van der Waals surface area contributed by atoms with Gasteiger partial charge in [-0.2, -0.15) is 0 Å². The van der Waals surface area contributed by atoms with Crippen molar-refractivity contribution in [2.75, 3.05) is 13.1 Å². The van der Waals surface area contributed by atoms with Gasteiger partial charge in [0.2, 0.25) is 11.8 Å². The Labute approximate surface area is 258 Å². The molecule has 2 amide bonds. The lowest BCUT2D eigenvalue weighted by Gasteiger charge is -2.44. The Balaban J connectivity index is 2.50. The molecular formula is C37H64N2O3. The number of amides is 2. The van der Waals surface area contributed by atoms with Crippen molar-refractivity contribution < 1.29 is 14.7 Å². The fourth-order valence-electron chi connectivity index (χ4n) is 5.27. The van der Waals surface area contributed by atoms with Gasteiger partial charge in [-0.25, -0.2) is 0 Å². The first kappa shape index (κ1) is 37.9. The molecule has 0 bridgehead atoms. The fraction of sp³-hybridized carbons (Fsp3) is 0.730. The molecule has 0 aliphatic heterocycles. The Hall–Kier alpha value is -2.14. The van der Waals surface area contributed by atoms with E-state index in [4.69, 9.17) is 0 Å². The molecule has 0 aliphatic carbocycles. The molecule has 0 fully saturated rings. The molecule has 0 saturated heterocycles. The third-order valence-corrected chi connectivity index (χ3v) is 9.46. The zero-order valence-electron chi connectivity index (χ0n) is 29.1. The van der Waals surface area contributed by atoms with E-state index in [0.29, 0.717) is 37.3 Å². The molecule has 5 nitrogen and oxygen atoms in total. The van der Waals surface area contributed by atoms with Crippen LogP contribution in [-0.4, -0.2) is 36.1 Å². The van der Waals surface area contributed by atoms with Gasteiger partial charge in [0, 0.05) is 18.5 Å². The van der Waals surface area contributed by atoms with Crippen LogP contribution in [0.25, 0.3) is 0 Å². The lowest BCUT2D eigenvalue weighted by molar-refractivity contribution is -0.131. The Morgan fingerprint density at radius 3 is 1.95 bits per heavy atom. The number of hydrogen-bond acceptors (Lipinski definition) is 3. The first-order chi connectivity index (χ1) is 19.2. The topological polar surface area (TPSA) is 78.4 Å². The highest BCUT2D eigenvalue weighted by Crippen LogP contribution is 2.47. The maximum absolute atomic E-state index is 13.2. The molecule has 1 rings (SSSR count). The molecule has 0 heterocycles. The third kappa shape index (κ3) is 12.6. The van der Waals surface area contributed by atoms with Gasteiger partial charge in [0.05, 0.1) is 12.0 Å². The highest BCUT2D eigenvalue weighted by Gasteiger charge is 2.42. The van der Waals surface area contributed by atoms with E-state index in [-0.39, 0.29) is 28.6 Å². The van der Waals surface area contributed by atoms with E-state index >= 15 is 0 Å². The predicted octanol–water partition coefficient (Wildman–Crippen LogP) is 8.21. The molecule has 0 spiro atoms. The average molecular weight is 585 g/mol. The second-order valence-corrected chi connectivity index (χ2v) is 15.6. The molecule has 1 aromatic rings. The zero-order chi connectivity index (χ0) is 32.4. The van der Waals surface area contributed by atoms with Crippen molar-refractivity contribution in [3.05, 3.63) is 47.5 Å². The number of nitrogens with one attached hydrogen (secondary N) is 2. The van der Waals surface area contributed by atoms with Gasteiger partial charge in [-0.1, -0.05) is 119 Å². The molecule has 5 heteroatoms. The van der Waals surface area contributed by atoms with Crippen LogP contribution >= 0.6 is 0 Å². The Bertz CT molecular complexity index is 1000. The first-order valence-electron chi connectivity index (χ1n) is 16.2. The minimum Gasteiger partial charge on any atom is -0.393 e. The van der Waals surface area contributed by atoms with Crippen LogP contribution in [0.5, 0.6) is 0 Å². The first-order valence-corrected chi connectivity index (χ1v) is 16.2. The van der Waals surface area contributed by atoms with E-state index in [9.17, 15) is 14.7 Å². The second-order valence-electron chi connectivity index (χ2n) is 15.6. The monoisotopic (exact) mass is 584 g/mol. The second kappa shape index (κ2) is 16.1. The molecule has 0 saturated carbocycles. The number of carbonyl (C=O) groups is 2. The van der Waals surface area contributed by atoms with E-state index in [1.807, 2.05) is 32.9 Å². The molecule has 240 valence electrons. The zero-order valence-corrected chi connectivity index (χ0v) is 29.1. The van der Waals surface area contributed by atoms with Crippen LogP contribution in [0.2, 0.25) is 0 Å². The lowest BCUT2D eigenvalue weighted by atomic mass is 9.61. The van der Waals surface area contributed by atoms with Crippen LogP contribution in [0.1, 0.15) is 132 Å². The number of rotatable bonds is 18. The van der Waals surface area contributed by atoms with Crippen molar-refractivity contribution in [2.24, 2.45) is 27.6 Å². The van der Waals surface area contributed by atoms with E-state index in [2.05, 4.69) is 97.2 Å². The van der Waals surface area contributed by atoms with Crippen molar-refractivity contribution in [2.45, 2.75) is 134 Å². The van der Waals surface area contributed by atoms with E-state index in [1.54, 1.807) is 0 Å². The van der Waals surface area contributed by atoms with Crippen LogP contribution in [0.15, 0.2) is 36.4 Å². The van der Waals surface area contributed by atoms with Gasteiger partial charge in [-0.15, -0.1) is 0 Å². The summed E-state index contributed by atoms with van der Waals surface area (Å²) in [4.78, 5) is 25.8. The molecule has 0 aromatic heterocycles. The Kier molecular flexibility index (Phi) is 14.5. The van der Waals surface area contributed by atoms with Gasteiger partial charge in [-0.05, 0) is 72.3 Å². The normalized spacial score (nSPS) is 14.7. The van der Waals surface area contributed by atoms with Crippen LogP contribution in [0, 0.1) is 27.6 Å². The van der Waals surface area contributed by atoms with Gasteiger partial charge in [0.15, 0.2) is 0 Å². The molecule has 3 N–H and O–H groups in total. The summed E-state index contributed by atoms with van der Waals surface area (Å²) in [7, 11) is 0. The summed E-state index contributed by atoms with van der Waals surface area (Å²) in [5, 5.41) is 16.5. The lowest BCUT2D eigenvalue weighted by Crippen LogP contribution is -2.44. The summed E-state index contributed by atoms with van der Waals surface area (Å²) < 4.78 is 0.